The van der Waals surface area contributed by atoms with E-state index < -0.39 is 0 Å². The standard InChI is InChI=1S/C20H19BrCl2N4OS/c1-2-3-10-29-20-26-25-18(27(20)15-7-4-13(21)5-8-15)12-24-19(28)16-11-14(22)6-9-17(16)23/h4-9,11H,2-3,10,12H2,1H3,(H,24,28). The molecule has 0 saturated carbocycles. The van der Waals surface area contributed by atoms with E-state index in [1.165, 1.54) is 0 Å². The Morgan fingerprint density at radius 3 is 2.66 bits per heavy atom. The first-order valence-electron chi connectivity index (χ1n) is 9.06. The predicted molar refractivity (Wildman–Crippen MR) is 122 cm³/mol. The lowest BCUT2D eigenvalue weighted by molar-refractivity contribution is 0.0950. The van der Waals surface area contributed by atoms with E-state index in [9.17, 15) is 4.79 Å². The summed E-state index contributed by atoms with van der Waals surface area (Å²) in [5, 5.41) is 13.1. The Kier molecular flexibility index (Phi) is 8.00. The number of nitrogens with zero attached hydrogens (tertiary/aromatic N) is 3. The van der Waals surface area contributed by atoms with Crippen molar-refractivity contribution in [1.29, 1.82) is 0 Å². The minimum atomic E-state index is -0.317. The van der Waals surface area contributed by atoms with E-state index in [1.807, 2.05) is 28.8 Å². The number of carbonyl (C=O) groups is 1. The van der Waals surface area contributed by atoms with Gasteiger partial charge in [-0.05, 0) is 48.9 Å². The van der Waals surface area contributed by atoms with E-state index in [4.69, 9.17) is 23.2 Å². The van der Waals surface area contributed by atoms with Gasteiger partial charge in [-0.25, -0.2) is 0 Å². The third-order valence-corrected chi connectivity index (χ3v) is 6.20. The molecule has 1 heterocycles. The minimum absolute atomic E-state index is 0.207. The van der Waals surface area contributed by atoms with Crippen LogP contribution < -0.4 is 5.32 Å². The van der Waals surface area contributed by atoms with Crippen LogP contribution in [0.2, 0.25) is 10.0 Å². The topological polar surface area (TPSA) is 59.8 Å². The van der Waals surface area contributed by atoms with Crippen LogP contribution in [0.5, 0.6) is 0 Å². The van der Waals surface area contributed by atoms with Gasteiger partial charge in [0, 0.05) is 20.9 Å². The van der Waals surface area contributed by atoms with Crippen LogP contribution in [0, 0.1) is 0 Å². The molecule has 1 aromatic heterocycles. The number of halogens is 3. The normalized spacial score (nSPS) is 10.9. The lowest BCUT2D eigenvalue weighted by atomic mass is 10.2. The summed E-state index contributed by atoms with van der Waals surface area (Å²) in [7, 11) is 0. The van der Waals surface area contributed by atoms with Crippen LogP contribution in [0.15, 0.2) is 52.1 Å². The van der Waals surface area contributed by atoms with E-state index in [0.29, 0.717) is 21.4 Å². The minimum Gasteiger partial charge on any atom is -0.345 e. The lowest BCUT2D eigenvalue weighted by Gasteiger charge is -2.11. The molecule has 5 nitrogen and oxygen atoms in total. The second-order valence-electron chi connectivity index (χ2n) is 6.22. The van der Waals surface area contributed by atoms with E-state index in [-0.39, 0.29) is 12.5 Å². The molecule has 0 atom stereocenters. The molecule has 0 fully saturated rings. The molecule has 1 N–H and O–H groups in total. The van der Waals surface area contributed by atoms with Gasteiger partial charge in [-0.1, -0.05) is 64.2 Å². The molecule has 0 unspecified atom stereocenters. The fourth-order valence-electron chi connectivity index (χ4n) is 2.59. The zero-order valence-electron chi connectivity index (χ0n) is 15.7. The highest BCUT2D eigenvalue weighted by Crippen LogP contribution is 2.25. The van der Waals surface area contributed by atoms with E-state index in [2.05, 4.69) is 38.4 Å². The van der Waals surface area contributed by atoms with Gasteiger partial charge in [0.25, 0.3) is 5.91 Å². The lowest BCUT2D eigenvalue weighted by Crippen LogP contribution is -2.25. The number of hydrogen-bond acceptors (Lipinski definition) is 4. The Morgan fingerprint density at radius 2 is 1.93 bits per heavy atom. The van der Waals surface area contributed by atoms with Crippen molar-refractivity contribution in [1.82, 2.24) is 20.1 Å². The van der Waals surface area contributed by atoms with Crippen molar-refractivity contribution in [3.8, 4) is 5.69 Å². The van der Waals surface area contributed by atoms with Crippen LogP contribution in [-0.4, -0.2) is 26.4 Å². The van der Waals surface area contributed by atoms with Crippen molar-refractivity contribution in [3.05, 3.63) is 68.4 Å². The number of nitrogens with one attached hydrogen (secondary N) is 1. The van der Waals surface area contributed by atoms with Gasteiger partial charge < -0.3 is 5.32 Å². The molecule has 3 aromatic rings. The molecule has 0 aliphatic heterocycles. The Balaban J connectivity index is 1.83. The summed E-state index contributed by atoms with van der Waals surface area (Å²) in [6.07, 6.45) is 2.21. The first kappa shape index (κ1) is 22.2. The number of rotatable bonds is 8. The molecule has 0 saturated heterocycles. The zero-order chi connectivity index (χ0) is 20.8. The van der Waals surface area contributed by atoms with Crippen LogP contribution in [0.25, 0.3) is 5.69 Å². The number of unbranched alkanes of at least 4 members (excludes halogenated alkanes) is 1. The molecule has 0 aliphatic carbocycles. The second-order valence-corrected chi connectivity index (χ2v) is 9.04. The quantitative estimate of drug-likeness (QED) is 0.289. The van der Waals surface area contributed by atoms with Crippen molar-refractivity contribution < 1.29 is 4.79 Å². The number of aromatic nitrogens is 3. The van der Waals surface area contributed by atoms with Gasteiger partial charge in [-0.15, -0.1) is 10.2 Å². The molecule has 0 radical (unpaired) electrons. The number of carbonyl (C=O) groups excluding carboxylic acids is 1. The summed E-state index contributed by atoms with van der Waals surface area (Å²) in [5.74, 6) is 1.27. The predicted octanol–water partition coefficient (Wildman–Crippen LogP) is 6.16. The van der Waals surface area contributed by atoms with E-state index in [1.54, 1.807) is 30.0 Å². The first-order valence-corrected chi connectivity index (χ1v) is 11.6. The molecule has 29 heavy (non-hydrogen) atoms. The SMILES string of the molecule is CCCCSc1nnc(CNC(=O)c2cc(Cl)ccc2Cl)n1-c1ccc(Br)cc1. The van der Waals surface area contributed by atoms with Crippen LogP contribution >= 0.6 is 50.9 Å². The van der Waals surface area contributed by atoms with Gasteiger partial charge in [-0.3, -0.25) is 9.36 Å². The fraction of sp³-hybridized carbons (Fsp3) is 0.250. The van der Waals surface area contributed by atoms with Crippen molar-refractivity contribution in [3.63, 3.8) is 0 Å². The van der Waals surface area contributed by atoms with Crippen LogP contribution in [-0.2, 0) is 6.54 Å². The Morgan fingerprint density at radius 1 is 1.17 bits per heavy atom. The Hall–Kier alpha value is -1.54. The first-order chi connectivity index (χ1) is 14.0. The third-order valence-electron chi connectivity index (χ3n) is 4.09. The summed E-state index contributed by atoms with van der Waals surface area (Å²) in [6.45, 7) is 2.36. The molecule has 0 bridgehead atoms. The van der Waals surface area contributed by atoms with E-state index in [0.717, 1.165) is 33.9 Å². The van der Waals surface area contributed by atoms with Crippen molar-refractivity contribution in [2.45, 2.75) is 31.5 Å². The molecule has 2 aromatic carbocycles. The summed E-state index contributed by atoms with van der Waals surface area (Å²) in [4.78, 5) is 12.6. The van der Waals surface area contributed by atoms with Crippen molar-refractivity contribution in [2.24, 2.45) is 0 Å². The largest absolute Gasteiger partial charge is 0.345 e. The van der Waals surface area contributed by atoms with Gasteiger partial charge in [0.15, 0.2) is 11.0 Å². The zero-order valence-corrected chi connectivity index (χ0v) is 19.6. The maximum absolute atomic E-state index is 12.6. The summed E-state index contributed by atoms with van der Waals surface area (Å²) in [5.41, 5.74) is 1.26. The van der Waals surface area contributed by atoms with Crippen LogP contribution in [0.1, 0.15) is 35.9 Å². The van der Waals surface area contributed by atoms with Gasteiger partial charge >= 0.3 is 0 Å². The van der Waals surface area contributed by atoms with Gasteiger partial charge in [0.05, 0.1) is 17.1 Å². The Bertz CT molecular complexity index is 995. The van der Waals surface area contributed by atoms with Gasteiger partial charge in [0.2, 0.25) is 0 Å². The highest BCUT2D eigenvalue weighted by Gasteiger charge is 2.17. The molecule has 0 aliphatic rings. The second kappa shape index (κ2) is 10.5. The third kappa shape index (κ3) is 5.75. The molecule has 0 spiro atoms. The monoisotopic (exact) mass is 512 g/mol. The highest BCUT2D eigenvalue weighted by molar-refractivity contribution is 9.10. The maximum Gasteiger partial charge on any atom is 0.253 e. The number of benzene rings is 2. The molecule has 152 valence electrons. The Labute approximate surface area is 192 Å². The molecule has 3 rings (SSSR count). The highest BCUT2D eigenvalue weighted by atomic mass is 79.9. The van der Waals surface area contributed by atoms with Crippen molar-refractivity contribution in [2.75, 3.05) is 5.75 Å². The summed E-state index contributed by atoms with van der Waals surface area (Å²) < 4.78 is 2.95. The number of amides is 1. The average molecular weight is 514 g/mol. The number of thioether (sulfide) groups is 1. The van der Waals surface area contributed by atoms with Gasteiger partial charge in [-0.2, -0.15) is 0 Å². The van der Waals surface area contributed by atoms with E-state index >= 15 is 0 Å². The van der Waals surface area contributed by atoms with Crippen LogP contribution in [0.4, 0.5) is 0 Å². The molecule has 1 amide bonds. The summed E-state index contributed by atoms with van der Waals surface area (Å²) >= 11 is 17.2. The van der Waals surface area contributed by atoms with Crippen LogP contribution in [0.3, 0.4) is 0 Å². The molecule has 9 heteroatoms. The van der Waals surface area contributed by atoms with Crippen molar-refractivity contribution >= 4 is 56.8 Å². The molecular formula is C20H19BrCl2N4OS. The smallest absolute Gasteiger partial charge is 0.253 e. The maximum atomic E-state index is 12.6. The molecular weight excluding hydrogens is 495 g/mol. The summed E-state index contributed by atoms with van der Waals surface area (Å²) in [6, 6.07) is 12.7. The van der Waals surface area contributed by atoms with Gasteiger partial charge in [0.1, 0.15) is 0 Å². The average Bonchev–Trinajstić information content (AvgIpc) is 3.11. The number of hydrogen-bond donors (Lipinski definition) is 1. The fourth-order valence-corrected chi connectivity index (χ4v) is 4.29.